The molecular formula is C31H42. The fourth-order valence-electron chi connectivity index (χ4n) is 4.09. The molecule has 0 amide bonds. The second kappa shape index (κ2) is 10.8. The Hall–Kier alpha value is -2.34. The van der Waals surface area contributed by atoms with Crippen molar-refractivity contribution in [1.82, 2.24) is 0 Å². The van der Waals surface area contributed by atoms with E-state index in [9.17, 15) is 0 Å². The van der Waals surface area contributed by atoms with E-state index in [1.54, 1.807) is 0 Å². The zero-order chi connectivity index (χ0) is 23.1. The lowest BCUT2D eigenvalue weighted by Gasteiger charge is -2.33. The van der Waals surface area contributed by atoms with Crippen molar-refractivity contribution in [3.63, 3.8) is 0 Å². The van der Waals surface area contributed by atoms with Crippen molar-refractivity contribution in [3.8, 4) is 0 Å². The molecule has 0 nitrogen and oxygen atoms in total. The fraction of sp³-hybridized carbons (Fsp3) is 0.419. The number of rotatable bonds is 9. The van der Waals surface area contributed by atoms with Gasteiger partial charge in [-0.15, -0.1) is 0 Å². The smallest absolute Gasteiger partial charge is 0.0214 e. The summed E-state index contributed by atoms with van der Waals surface area (Å²) in [6, 6.07) is 20.0. The maximum absolute atomic E-state index is 4.22. The van der Waals surface area contributed by atoms with Gasteiger partial charge in [0, 0.05) is 5.41 Å². The van der Waals surface area contributed by atoms with Crippen LogP contribution in [0.25, 0.3) is 0 Å². The van der Waals surface area contributed by atoms with Crippen molar-refractivity contribution in [3.05, 3.63) is 107 Å². The van der Waals surface area contributed by atoms with Gasteiger partial charge in [0.1, 0.15) is 0 Å². The Labute approximate surface area is 191 Å². The SMILES string of the molecule is C=C/C(=C\C(C)=C/CCC(C)(C)C)C(C)(Cc1ccccc1)c1ccc(C(C)C)cc1. The minimum absolute atomic E-state index is 0.141. The van der Waals surface area contributed by atoms with Crippen LogP contribution in [0.2, 0.25) is 0 Å². The third-order valence-electron chi connectivity index (χ3n) is 6.22. The van der Waals surface area contributed by atoms with Crippen LogP contribution in [-0.2, 0) is 11.8 Å². The van der Waals surface area contributed by atoms with Crippen LogP contribution in [0.15, 0.2) is 90.6 Å². The van der Waals surface area contributed by atoms with Gasteiger partial charge in [0.05, 0.1) is 0 Å². The number of allylic oxidation sites excluding steroid dienone is 5. The summed E-state index contributed by atoms with van der Waals surface area (Å²) in [5.74, 6) is 0.539. The molecule has 0 spiro atoms. The zero-order valence-electron chi connectivity index (χ0n) is 20.8. The molecule has 2 aromatic rings. The summed E-state index contributed by atoms with van der Waals surface area (Å²) in [4.78, 5) is 0. The average Bonchev–Trinajstić information content (AvgIpc) is 2.71. The summed E-state index contributed by atoms with van der Waals surface area (Å²) >= 11 is 0. The Balaban J connectivity index is 2.46. The molecule has 0 radical (unpaired) electrons. The second-order valence-corrected chi connectivity index (χ2v) is 10.6. The third kappa shape index (κ3) is 7.39. The first-order valence-corrected chi connectivity index (χ1v) is 11.7. The monoisotopic (exact) mass is 414 g/mol. The number of hydrogen-bond donors (Lipinski definition) is 0. The van der Waals surface area contributed by atoms with Crippen LogP contribution >= 0.6 is 0 Å². The topological polar surface area (TPSA) is 0 Å². The van der Waals surface area contributed by atoms with Gasteiger partial charge >= 0.3 is 0 Å². The molecule has 0 heteroatoms. The first kappa shape index (κ1) is 24.9. The molecule has 0 saturated carbocycles. The zero-order valence-corrected chi connectivity index (χ0v) is 20.8. The molecule has 0 bridgehead atoms. The molecular weight excluding hydrogens is 372 g/mol. The average molecular weight is 415 g/mol. The van der Waals surface area contributed by atoms with Gasteiger partial charge in [0.2, 0.25) is 0 Å². The highest BCUT2D eigenvalue weighted by atomic mass is 14.3. The van der Waals surface area contributed by atoms with Crippen LogP contribution in [-0.4, -0.2) is 0 Å². The van der Waals surface area contributed by atoms with Crippen LogP contribution in [0.3, 0.4) is 0 Å². The lowest BCUT2D eigenvalue weighted by atomic mass is 9.70. The van der Waals surface area contributed by atoms with Gasteiger partial charge in [-0.2, -0.15) is 0 Å². The molecule has 0 heterocycles. The Kier molecular flexibility index (Phi) is 8.69. The lowest BCUT2D eigenvalue weighted by molar-refractivity contribution is 0.381. The normalized spacial score (nSPS) is 15.1. The van der Waals surface area contributed by atoms with E-state index in [1.807, 2.05) is 0 Å². The van der Waals surface area contributed by atoms with E-state index in [4.69, 9.17) is 0 Å². The molecule has 166 valence electrons. The Morgan fingerprint density at radius 1 is 0.935 bits per heavy atom. The molecule has 0 aliphatic heterocycles. The van der Waals surface area contributed by atoms with E-state index in [0.29, 0.717) is 11.3 Å². The molecule has 2 rings (SSSR count). The first-order chi connectivity index (χ1) is 14.5. The molecule has 0 aromatic heterocycles. The van der Waals surface area contributed by atoms with E-state index in [-0.39, 0.29) is 5.41 Å². The van der Waals surface area contributed by atoms with Crippen LogP contribution < -0.4 is 0 Å². The van der Waals surface area contributed by atoms with Gasteiger partial charge in [-0.1, -0.05) is 127 Å². The molecule has 0 N–H and O–H groups in total. The fourth-order valence-corrected chi connectivity index (χ4v) is 4.09. The van der Waals surface area contributed by atoms with Crippen molar-refractivity contribution in [2.24, 2.45) is 5.41 Å². The summed E-state index contributed by atoms with van der Waals surface area (Å²) in [5.41, 5.74) is 6.89. The van der Waals surface area contributed by atoms with Crippen molar-refractivity contribution >= 4 is 0 Å². The Morgan fingerprint density at radius 3 is 2.06 bits per heavy atom. The summed E-state index contributed by atoms with van der Waals surface area (Å²) < 4.78 is 0. The minimum Gasteiger partial charge on any atom is -0.0988 e. The van der Waals surface area contributed by atoms with E-state index in [0.717, 1.165) is 12.8 Å². The van der Waals surface area contributed by atoms with Crippen LogP contribution in [0.1, 0.15) is 83.9 Å². The molecule has 0 aliphatic rings. The standard InChI is InChI=1S/C31H42/c1-9-28(22-25(4)14-13-21-30(5,6)7)31(8,23-26-15-11-10-12-16-26)29-19-17-27(18-20-29)24(2)3/h9-12,14-20,22,24H,1,13,21,23H2,2-8H3/b25-14-,28-22+. The van der Waals surface area contributed by atoms with Gasteiger partial charge in [-0.3, -0.25) is 0 Å². The summed E-state index contributed by atoms with van der Waals surface area (Å²) in [7, 11) is 0. The van der Waals surface area contributed by atoms with Crippen molar-refractivity contribution < 1.29 is 0 Å². The van der Waals surface area contributed by atoms with Crippen LogP contribution in [0, 0.1) is 5.41 Å². The Bertz CT molecular complexity index is 885. The van der Waals surface area contributed by atoms with Crippen molar-refractivity contribution in [1.29, 1.82) is 0 Å². The maximum Gasteiger partial charge on any atom is 0.0214 e. The number of benzene rings is 2. The third-order valence-corrected chi connectivity index (χ3v) is 6.22. The predicted molar refractivity (Wildman–Crippen MR) is 139 cm³/mol. The maximum atomic E-state index is 4.22. The largest absolute Gasteiger partial charge is 0.0988 e. The van der Waals surface area contributed by atoms with Gasteiger partial charge in [-0.05, 0) is 59.8 Å². The van der Waals surface area contributed by atoms with Gasteiger partial charge in [-0.25, -0.2) is 0 Å². The van der Waals surface area contributed by atoms with Gasteiger partial charge in [0.25, 0.3) is 0 Å². The van der Waals surface area contributed by atoms with E-state index >= 15 is 0 Å². The van der Waals surface area contributed by atoms with E-state index in [1.165, 1.54) is 34.3 Å². The highest BCUT2D eigenvalue weighted by Gasteiger charge is 2.30. The molecule has 0 aliphatic carbocycles. The molecule has 31 heavy (non-hydrogen) atoms. The summed E-state index contributed by atoms with van der Waals surface area (Å²) in [5, 5.41) is 0. The van der Waals surface area contributed by atoms with Crippen LogP contribution in [0.4, 0.5) is 0 Å². The first-order valence-electron chi connectivity index (χ1n) is 11.7. The van der Waals surface area contributed by atoms with Crippen molar-refractivity contribution in [2.45, 2.75) is 79.1 Å². The van der Waals surface area contributed by atoms with Crippen molar-refractivity contribution in [2.75, 3.05) is 0 Å². The predicted octanol–water partition coefficient (Wildman–Crippen LogP) is 9.20. The highest BCUT2D eigenvalue weighted by Crippen LogP contribution is 2.37. The van der Waals surface area contributed by atoms with Gasteiger partial charge < -0.3 is 0 Å². The highest BCUT2D eigenvalue weighted by molar-refractivity contribution is 5.46. The summed E-state index contributed by atoms with van der Waals surface area (Å²) in [6.07, 6.45) is 10.0. The molecule has 0 saturated heterocycles. The van der Waals surface area contributed by atoms with E-state index in [2.05, 4.69) is 128 Å². The molecule has 2 aromatic carbocycles. The number of hydrogen-bond acceptors (Lipinski definition) is 0. The summed E-state index contributed by atoms with van der Waals surface area (Å²) in [6.45, 7) is 20.2. The van der Waals surface area contributed by atoms with E-state index < -0.39 is 0 Å². The minimum atomic E-state index is -0.141. The molecule has 0 fully saturated rings. The molecule has 1 atom stereocenters. The molecule has 1 unspecified atom stereocenters. The quantitative estimate of drug-likeness (QED) is 0.359. The lowest BCUT2D eigenvalue weighted by Crippen LogP contribution is -2.27. The Morgan fingerprint density at radius 2 is 1.55 bits per heavy atom. The second-order valence-electron chi connectivity index (χ2n) is 10.6. The van der Waals surface area contributed by atoms with Crippen LogP contribution in [0.5, 0.6) is 0 Å². The van der Waals surface area contributed by atoms with Gasteiger partial charge in [0.15, 0.2) is 0 Å².